The van der Waals surface area contributed by atoms with Gasteiger partial charge in [-0.05, 0) is 36.6 Å². The first-order valence-electron chi connectivity index (χ1n) is 6.87. The van der Waals surface area contributed by atoms with Crippen LogP contribution in [0.3, 0.4) is 0 Å². The molecule has 2 N–H and O–H groups in total. The standard InChI is InChI=1S/C15H20BrNO3/c1-20-12-5-6-13(16)11(7-12)8-15(19)17-9-10-3-2-4-14(10)18/h5-7,10,14,18H,2-4,8-9H2,1H3,(H,17,19)/t10-,14-/m1/s1. The van der Waals surface area contributed by atoms with Crippen LogP contribution in [0.1, 0.15) is 24.8 Å². The first-order valence-corrected chi connectivity index (χ1v) is 7.66. The highest BCUT2D eigenvalue weighted by atomic mass is 79.9. The fourth-order valence-electron chi connectivity index (χ4n) is 2.55. The van der Waals surface area contributed by atoms with E-state index >= 15 is 0 Å². The number of hydrogen-bond acceptors (Lipinski definition) is 3. The van der Waals surface area contributed by atoms with Gasteiger partial charge in [0.15, 0.2) is 0 Å². The summed E-state index contributed by atoms with van der Waals surface area (Å²) in [6, 6.07) is 5.58. The molecule has 0 heterocycles. The topological polar surface area (TPSA) is 58.6 Å². The predicted octanol–water partition coefficient (Wildman–Crippen LogP) is 2.28. The number of benzene rings is 1. The molecule has 0 unspecified atom stereocenters. The molecule has 1 aliphatic carbocycles. The Morgan fingerprint density at radius 1 is 1.50 bits per heavy atom. The van der Waals surface area contributed by atoms with Crippen molar-refractivity contribution in [1.82, 2.24) is 5.32 Å². The highest BCUT2D eigenvalue weighted by molar-refractivity contribution is 9.10. The molecular weight excluding hydrogens is 322 g/mol. The summed E-state index contributed by atoms with van der Waals surface area (Å²) in [5.41, 5.74) is 0.897. The third kappa shape index (κ3) is 3.96. The van der Waals surface area contributed by atoms with Gasteiger partial charge in [-0.15, -0.1) is 0 Å². The minimum absolute atomic E-state index is 0.0296. The molecule has 0 spiro atoms. The number of nitrogens with one attached hydrogen (secondary N) is 1. The minimum Gasteiger partial charge on any atom is -0.497 e. The van der Waals surface area contributed by atoms with Crippen LogP contribution >= 0.6 is 15.9 Å². The predicted molar refractivity (Wildman–Crippen MR) is 80.8 cm³/mol. The second-order valence-corrected chi connectivity index (χ2v) is 6.05. The van der Waals surface area contributed by atoms with Crippen molar-refractivity contribution in [2.75, 3.05) is 13.7 Å². The molecule has 1 aromatic rings. The summed E-state index contributed by atoms with van der Waals surface area (Å²) in [4.78, 5) is 12.0. The lowest BCUT2D eigenvalue weighted by Crippen LogP contribution is -2.33. The number of ether oxygens (including phenoxy) is 1. The molecule has 110 valence electrons. The normalized spacial score (nSPS) is 21.8. The number of hydrogen-bond donors (Lipinski definition) is 2. The third-order valence-corrected chi connectivity index (χ3v) is 4.56. The van der Waals surface area contributed by atoms with Crippen molar-refractivity contribution in [3.8, 4) is 5.75 Å². The number of rotatable bonds is 5. The molecule has 0 saturated heterocycles. The highest BCUT2D eigenvalue weighted by Gasteiger charge is 2.25. The van der Waals surface area contributed by atoms with Gasteiger partial charge in [0.05, 0.1) is 19.6 Å². The summed E-state index contributed by atoms with van der Waals surface area (Å²) in [5, 5.41) is 12.6. The second kappa shape index (κ2) is 7.09. The van der Waals surface area contributed by atoms with Crippen LogP contribution in [-0.2, 0) is 11.2 Å². The first-order chi connectivity index (χ1) is 9.60. The summed E-state index contributed by atoms with van der Waals surface area (Å²) in [7, 11) is 1.61. The molecule has 2 rings (SSSR count). The Morgan fingerprint density at radius 2 is 2.30 bits per heavy atom. The van der Waals surface area contributed by atoms with Crippen molar-refractivity contribution in [3.63, 3.8) is 0 Å². The van der Waals surface area contributed by atoms with E-state index in [1.165, 1.54) is 0 Å². The molecule has 0 aliphatic heterocycles. The third-order valence-electron chi connectivity index (χ3n) is 3.78. The SMILES string of the molecule is COc1ccc(Br)c(CC(=O)NC[C@H]2CCC[C@H]2O)c1. The molecule has 1 saturated carbocycles. The average molecular weight is 342 g/mol. The van der Waals surface area contributed by atoms with Crippen LogP contribution in [0.25, 0.3) is 0 Å². The van der Waals surface area contributed by atoms with Crippen LogP contribution in [0.4, 0.5) is 0 Å². The summed E-state index contributed by atoms with van der Waals surface area (Å²) in [5.74, 6) is 0.910. The van der Waals surface area contributed by atoms with E-state index in [1.807, 2.05) is 18.2 Å². The Labute approximate surface area is 127 Å². The zero-order valence-electron chi connectivity index (χ0n) is 11.6. The number of aliphatic hydroxyl groups is 1. The van der Waals surface area contributed by atoms with E-state index in [0.717, 1.165) is 35.0 Å². The van der Waals surface area contributed by atoms with Gasteiger partial charge in [0.1, 0.15) is 5.75 Å². The molecule has 20 heavy (non-hydrogen) atoms. The molecule has 1 fully saturated rings. The average Bonchev–Trinajstić information content (AvgIpc) is 2.84. The van der Waals surface area contributed by atoms with Gasteiger partial charge in [0.25, 0.3) is 0 Å². The molecule has 1 aromatic carbocycles. The van der Waals surface area contributed by atoms with E-state index in [-0.39, 0.29) is 17.9 Å². The number of carbonyl (C=O) groups is 1. The van der Waals surface area contributed by atoms with Crippen LogP contribution in [0.5, 0.6) is 5.75 Å². The van der Waals surface area contributed by atoms with Crippen molar-refractivity contribution in [2.45, 2.75) is 31.8 Å². The fourth-order valence-corrected chi connectivity index (χ4v) is 2.94. The van der Waals surface area contributed by atoms with Gasteiger partial charge < -0.3 is 15.2 Å². The number of amides is 1. The van der Waals surface area contributed by atoms with Crippen LogP contribution in [0, 0.1) is 5.92 Å². The molecular formula is C15H20BrNO3. The Balaban J connectivity index is 1.87. The molecule has 1 aliphatic rings. The van der Waals surface area contributed by atoms with E-state index in [1.54, 1.807) is 7.11 Å². The van der Waals surface area contributed by atoms with Gasteiger partial charge >= 0.3 is 0 Å². The van der Waals surface area contributed by atoms with Gasteiger partial charge in [-0.1, -0.05) is 22.4 Å². The van der Waals surface area contributed by atoms with E-state index in [4.69, 9.17) is 4.74 Å². The molecule has 0 bridgehead atoms. The number of carbonyl (C=O) groups excluding carboxylic acids is 1. The van der Waals surface area contributed by atoms with Crippen molar-refractivity contribution in [2.24, 2.45) is 5.92 Å². The van der Waals surface area contributed by atoms with Gasteiger partial charge in [-0.2, -0.15) is 0 Å². The van der Waals surface area contributed by atoms with Crippen LogP contribution in [-0.4, -0.2) is 30.8 Å². The van der Waals surface area contributed by atoms with Crippen molar-refractivity contribution < 1.29 is 14.6 Å². The zero-order chi connectivity index (χ0) is 14.5. The maximum atomic E-state index is 12.0. The Bertz CT molecular complexity index is 478. The lowest BCUT2D eigenvalue weighted by Gasteiger charge is -2.15. The van der Waals surface area contributed by atoms with Crippen molar-refractivity contribution in [1.29, 1.82) is 0 Å². The maximum absolute atomic E-state index is 12.0. The number of halogens is 1. The number of aliphatic hydroxyl groups excluding tert-OH is 1. The maximum Gasteiger partial charge on any atom is 0.224 e. The highest BCUT2D eigenvalue weighted by Crippen LogP contribution is 2.25. The monoisotopic (exact) mass is 341 g/mol. The second-order valence-electron chi connectivity index (χ2n) is 5.20. The Hall–Kier alpha value is -1.07. The lowest BCUT2D eigenvalue weighted by atomic mass is 10.1. The summed E-state index contributed by atoms with van der Waals surface area (Å²) in [6.07, 6.45) is 2.93. The largest absolute Gasteiger partial charge is 0.497 e. The smallest absolute Gasteiger partial charge is 0.224 e. The van der Waals surface area contributed by atoms with E-state index < -0.39 is 0 Å². The van der Waals surface area contributed by atoms with E-state index in [2.05, 4.69) is 21.2 Å². The van der Waals surface area contributed by atoms with Gasteiger partial charge in [-0.3, -0.25) is 4.79 Å². The van der Waals surface area contributed by atoms with Gasteiger partial charge in [0.2, 0.25) is 5.91 Å². The van der Waals surface area contributed by atoms with Crippen LogP contribution in [0.15, 0.2) is 22.7 Å². The Kier molecular flexibility index (Phi) is 5.43. The minimum atomic E-state index is -0.265. The fraction of sp³-hybridized carbons (Fsp3) is 0.533. The molecule has 0 radical (unpaired) electrons. The van der Waals surface area contributed by atoms with E-state index in [9.17, 15) is 9.90 Å². The molecule has 2 atom stereocenters. The molecule has 4 nitrogen and oxygen atoms in total. The summed E-state index contributed by atoms with van der Waals surface area (Å²) in [6.45, 7) is 0.557. The molecule has 5 heteroatoms. The van der Waals surface area contributed by atoms with E-state index in [0.29, 0.717) is 13.0 Å². The zero-order valence-corrected chi connectivity index (χ0v) is 13.1. The quantitative estimate of drug-likeness (QED) is 0.863. The van der Waals surface area contributed by atoms with Crippen LogP contribution < -0.4 is 10.1 Å². The Morgan fingerprint density at radius 3 is 2.95 bits per heavy atom. The van der Waals surface area contributed by atoms with Crippen LogP contribution in [0.2, 0.25) is 0 Å². The van der Waals surface area contributed by atoms with Crippen molar-refractivity contribution in [3.05, 3.63) is 28.2 Å². The summed E-state index contributed by atoms with van der Waals surface area (Å²) >= 11 is 3.44. The lowest BCUT2D eigenvalue weighted by molar-refractivity contribution is -0.120. The van der Waals surface area contributed by atoms with Crippen molar-refractivity contribution >= 4 is 21.8 Å². The molecule has 0 aromatic heterocycles. The first kappa shape index (κ1) is 15.3. The van der Waals surface area contributed by atoms with Gasteiger partial charge in [0, 0.05) is 16.9 Å². The molecule has 1 amide bonds. The summed E-state index contributed by atoms with van der Waals surface area (Å²) < 4.78 is 6.06. The van der Waals surface area contributed by atoms with Gasteiger partial charge in [-0.25, -0.2) is 0 Å². The number of methoxy groups -OCH3 is 1.